The first-order valence-corrected chi connectivity index (χ1v) is 13.2. The van der Waals surface area contributed by atoms with Crippen LogP contribution in [0.1, 0.15) is 5.82 Å². The van der Waals surface area contributed by atoms with Crippen LogP contribution in [0.25, 0.3) is 0 Å². The number of nitrogens with two attached hydrogens (primary N) is 1. The van der Waals surface area contributed by atoms with Gasteiger partial charge in [-0.2, -0.15) is 22.5 Å². The number of thioether (sulfide) groups is 2. The number of alkyl halides is 3. The van der Waals surface area contributed by atoms with E-state index in [0.717, 1.165) is 4.90 Å². The molecule has 4 N–H and O–H groups in total. The number of aliphatic carboxylic acids is 1. The van der Waals surface area contributed by atoms with Gasteiger partial charge in [0.1, 0.15) is 22.6 Å². The van der Waals surface area contributed by atoms with Crippen molar-refractivity contribution in [2.45, 2.75) is 21.9 Å². The first-order valence-electron chi connectivity index (χ1n) is 9.51. The number of anilines is 1. The van der Waals surface area contributed by atoms with Crippen molar-refractivity contribution in [3.8, 4) is 0 Å². The number of nitrogens with one attached hydrogen (secondary N) is 1. The highest BCUT2D eigenvalue weighted by atomic mass is 32.2. The van der Waals surface area contributed by atoms with Crippen LogP contribution in [0.5, 0.6) is 0 Å². The largest absolute Gasteiger partial charge is 0.477 e. The van der Waals surface area contributed by atoms with Crippen molar-refractivity contribution < 1.29 is 37.5 Å². The standard InChI is InChI=1S/C16H13F3N8O5S4/c17-16(18,19)3-32-25-6(9-23-14(20)36-26-9)10(28)22-7-11(29)27-8(13(30)31)5(1-33-12(7)27)2-34-15-24-21-4-35-15/h4,7,12H,1-3H2,(H,22,28)(H,30,31)(H2,20,23,26)/t7?,12-/m0/s1. The smallest absolute Gasteiger partial charge is 0.425 e. The van der Waals surface area contributed by atoms with E-state index in [2.05, 4.69) is 34.9 Å². The zero-order chi connectivity index (χ0) is 26.0. The van der Waals surface area contributed by atoms with E-state index < -0.39 is 47.7 Å². The number of rotatable bonds is 9. The molecule has 2 aromatic rings. The van der Waals surface area contributed by atoms with Crippen LogP contribution in [0.4, 0.5) is 18.3 Å². The maximum atomic E-state index is 12.8. The summed E-state index contributed by atoms with van der Waals surface area (Å²) in [7, 11) is 0. The van der Waals surface area contributed by atoms with Crippen LogP contribution in [0, 0.1) is 0 Å². The third-order valence-electron chi connectivity index (χ3n) is 4.50. The van der Waals surface area contributed by atoms with Crippen molar-refractivity contribution in [2.24, 2.45) is 5.16 Å². The minimum Gasteiger partial charge on any atom is -0.477 e. The number of carboxylic acid groups (broad SMARTS) is 1. The Balaban J connectivity index is 1.49. The molecule has 2 amide bonds. The van der Waals surface area contributed by atoms with Crippen LogP contribution in [-0.4, -0.2) is 88.8 Å². The Labute approximate surface area is 215 Å². The van der Waals surface area contributed by atoms with Gasteiger partial charge in [0.25, 0.3) is 11.8 Å². The van der Waals surface area contributed by atoms with E-state index >= 15 is 0 Å². The molecule has 0 saturated carbocycles. The first kappa shape index (κ1) is 26.1. The summed E-state index contributed by atoms with van der Waals surface area (Å²) < 4.78 is 41.7. The Bertz CT molecular complexity index is 1230. The molecule has 0 aliphatic carbocycles. The molecule has 0 spiro atoms. The lowest BCUT2D eigenvalue weighted by molar-refractivity contribution is -0.174. The molecule has 13 nitrogen and oxygen atoms in total. The molecule has 2 aliphatic heterocycles. The number of carbonyl (C=O) groups excluding carboxylic acids is 2. The molecule has 2 atom stereocenters. The van der Waals surface area contributed by atoms with E-state index in [0.29, 0.717) is 21.4 Å². The number of β-lactam (4-membered cyclic amide) rings is 1. The van der Waals surface area contributed by atoms with Gasteiger partial charge in [-0.15, -0.1) is 22.0 Å². The maximum Gasteiger partial charge on any atom is 0.425 e. The van der Waals surface area contributed by atoms with Gasteiger partial charge in [-0.25, -0.2) is 4.79 Å². The van der Waals surface area contributed by atoms with E-state index in [1.54, 1.807) is 0 Å². The molecule has 0 aromatic carbocycles. The molecule has 0 bridgehead atoms. The molecule has 4 rings (SSSR count). The van der Waals surface area contributed by atoms with Gasteiger partial charge in [-0.05, 0) is 5.57 Å². The number of amides is 2. The summed E-state index contributed by atoms with van der Waals surface area (Å²) in [5, 5.41) is 22.0. The molecular weight excluding hydrogens is 569 g/mol. The fraction of sp³-hybridized carbons (Fsp3) is 0.375. The molecule has 1 unspecified atom stereocenters. The molecule has 1 saturated heterocycles. The van der Waals surface area contributed by atoms with Crippen molar-refractivity contribution in [3.05, 3.63) is 22.6 Å². The van der Waals surface area contributed by atoms with Gasteiger partial charge < -0.3 is 21.0 Å². The molecule has 2 aliphatic rings. The van der Waals surface area contributed by atoms with Crippen LogP contribution in [0.2, 0.25) is 0 Å². The number of carbonyl (C=O) groups is 3. The summed E-state index contributed by atoms with van der Waals surface area (Å²) in [6.07, 6.45) is -4.71. The van der Waals surface area contributed by atoms with Crippen molar-refractivity contribution in [3.63, 3.8) is 0 Å². The van der Waals surface area contributed by atoms with E-state index in [9.17, 15) is 32.7 Å². The zero-order valence-corrected chi connectivity index (χ0v) is 20.7. The highest BCUT2D eigenvalue weighted by Crippen LogP contribution is 2.41. The van der Waals surface area contributed by atoms with Crippen LogP contribution in [0.3, 0.4) is 0 Å². The normalized spacial score (nSPS) is 20.1. The van der Waals surface area contributed by atoms with Crippen molar-refractivity contribution in [2.75, 3.05) is 23.8 Å². The van der Waals surface area contributed by atoms with Gasteiger partial charge in [-0.3, -0.25) is 14.5 Å². The lowest BCUT2D eigenvalue weighted by Crippen LogP contribution is -2.71. The molecular formula is C16H13F3N8O5S4. The quantitative estimate of drug-likeness (QED) is 0.164. The molecule has 192 valence electrons. The topological polar surface area (TPSA) is 186 Å². The van der Waals surface area contributed by atoms with Crippen molar-refractivity contribution in [1.82, 2.24) is 29.8 Å². The van der Waals surface area contributed by atoms with Crippen molar-refractivity contribution in [1.29, 1.82) is 0 Å². The summed E-state index contributed by atoms with van der Waals surface area (Å²) in [4.78, 5) is 46.6. The average Bonchev–Trinajstić information content (AvgIpc) is 3.49. The number of halogens is 3. The van der Waals surface area contributed by atoms with Gasteiger partial charge in [0.05, 0.1) is 0 Å². The third-order valence-corrected chi connectivity index (χ3v) is 8.33. The summed E-state index contributed by atoms with van der Waals surface area (Å²) in [6.45, 7) is -1.78. The van der Waals surface area contributed by atoms with E-state index in [-0.39, 0.29) is 28.2 Å². The van der Waals surface area contributed by atoms with E-state index in [4.69, 9.17) is 5.73 Å². The van der Waals surface area contributed by atoms with Gasteiger partial charge in [0, 0.05) is 23.0 Å². The maximum absolute atomic E-state index is 12.8. The number of carboxylic acids is 1. The number of aromatic nitrogens is 4. The fourth-order valence-corrected chi connectivity index (χ4v) is 6.47. The second kappa shape index (κ2) is 10.6. The second-order valence-electron chi connectivity index (χ2n) is 6.90. The Kier molecular flexibility index (Phi) is 7.66. The molecule has 4 heterocycles. The summed E-state index contributed by atoms with van der Waals surface area (Å²) in [5.74, 6) is -2.98. The molecule has 1 fully saturated rings. The minimum absolute atomic E-state index is 0.0785. The van der Waals surface area contributed by atoms with Crippen LogP contribution < -0.4 is 11.1 Å². The Hall–Kier alpha value is -2.97. The monoisotopic (exact) mass is 582 g/mol. The van der Waals surface area contributed by atoms with Gasteiger partial charge in [-0.1, -0.05) is 28.3 Å². The van der Waals surface area contributed by atoms with Gasteiger partial charge >= 0.3 is 12.1 Å². The molecule has 36 heavy (non-hydrogen) atoms. The average molecular weight is 583 g/mol. The summed E-state index contributed by atoms with van der Waals surface area (Å²) in [6, 6.07) is -1.17. The molecule has 20 heteroatoms. The van der Waals surface area contributed by atoms with Crippen LogP contribution in [0.15, 0.2) is 26.3 Å². The highest BCUT2D eigenvalue weighted by Gasteiger charge is 2.54. The Morgan fingerprint density at radius 1 is 1.42 bits per heavy atom. The van der Waals surface area contributed by atoms with E-state index in [1.165, 1.54) is 40.4 Å². The number of oxime groups is 1. The zero-order valence-electron chi connectivity index (χ0n) is 17.5. The predicted molar refractivity (Wildman–Crippen MR) is 123 cm³/mol. The lowest BCUT2D eigenvalue weighted by Gasteiger charge is -2.49. The van der Waals surface area contributed by atoms with Gasteiger partial charge in [0.2, 0.25) is 18.1 Å². The lowest BCUT2D eigenvalue weighted by atomic mass is 10.0. The van der Waals surface area contributed by atoms with Crippen LogP contribution in [-0.2, 0) is 19.2 Å². The first-order chi connectivity index (χ1) is 17.0. The number of hydrogen-bond donors (Lipinski definition) is 3. The van der Waals surface area contributed by atoms with E-state index in [1.807, 2.05) is 0 Å². The summed E-state index contributed by atoms with van der Waals surface area (Å²) >= 11 is 4.46. The number of nitrogen functional groups attached to an aromatic ring is 1. The fourth-order valence-electron chi connectivity index (χ4n) is 3.06. The minimum atomic E-state index is -4.71. The summed E-state index contributed by atoms with van der Waals surface area (Å²) in [5.41, 5.74) is 6.60. The van der Waals surface area contributed by atoms with Crippen molar-refractivity contribution >= 4 is 75.0 Å². The number of nitrogens with zero attached hydrogens (tertiary/aromatic N) is 6. The molecule has 2 aromatic heterocycles. The highest BCUT2D eigenvalue weighted by molar-refractivity contribution is 8.01. The Morgan fingerprint density at radius 2 is 2.19 bits per heavy atom. The van der Waals surface area contributed by atoms with Gasteiger partial charge in [0.15, 0.2) is 9.47 Å². The molecule has 0 radical (unpaired) electrons. The second-order valence-corrected chi connectivity index (χ2v) is 10.8. The Morgan fingerprint density at radius 3 is 2.81 bits per heavy atom. The SMILES string of the molecule is Nc1nc(C(=NOCC(F)(F)F)C(=O)NC2C(=O)N3C(C(=O)O)=C(CSc4nncs4)CS[C@@H]23)ns1. The third kappa shape index (κ3) is 5.71. The number of fused-ring (bicyclic) bond motifs is 1. The van der Waals surface area contributed by atoms with Crippen LogP contribution >= 0.6 is 46.4 Å². The number of hydrogen-bond acceptors (Lipinski definition) is 14. The predicted octanol–water partition coefficient (Wildman–Crippen LogP) is 0.786.